The summed E-state index contributed by atoms with van der Waals surface area (Å²) in [5, 5.41) is 4.11. The number of benzene rings is 1. The highest BCUT2D eigenvalue weighted by Crippen LogP contribution is 2.18. The highest BCUT2D eigenvalue weighted by Gasteiger charge is 2.28. The fraction of sp³-hybridized carbons (Fsp3) is 0.438. The largest absolute Gasteiger partial charge is 0.297 e. The molecule has 132 valence electrons. The lowest BCUT2D eigenvalue weighted by Gasteiger charge is -2.16. The van der Waals surface area contributed by atoms with Crippen molar-refractivity contribution in [3.05, 3.63) is 47.8 Å². The Kier molecular flexibility index (Phi) is 6.03. The van der Waals surface area contributed by atoms with Crippen molar-refractivity contribution in [3.8, 4) is 0 Å². The van der Waals surface area contributed by atoms with E-state index in [0.717, 1.165) is 26.1 Å². The number of halogens is 1. The van der Waals surface area contributed by atoms with Gasteiger partial charge in [-0.05, 0) is 18.9 Å². The first-order valence-corrected chi connectivity index (χ1v) is 9.21. The summed E-state index contributed by atoms with van der Waals surface area (Å²) in [7, 11) is -1.78. The molecular formula is C16H23ClN4O2S. The number of nitrogens with one attached hydrogen (secondary N) is 1. The molecule has 2 heterocycles. The van der Waals surface area contributed by atoms with Gasteiger partial charge in [0.25, 0.3) is 0 Å². The lowest BCUT2D eigenvalue weighted by atomic mass is 10.2. The van der Waals surface area contributed by atoms with Crippen LogP contribution in [0.4, 0.5) is 0 Å². The Labute approximate surface area is 149 Å². The van der Waals surface area contributed by atoms with E-state index in [1.54, 1.807) is 20.2 Å². The van der Waals surface area contributed by atoms with Gasteiger partial charge in [-0.2, -0.15) is 5.10 Å². The average Bonchev–Trinajstić information content (AvgIpc) is 3.06. The molecule has 1 saturated heterocycles. The van der Waals surface area contributed by atoms with Gasteiger partial charge < -0.3 is 0 Å². The van der Waals surface area contributed by atoms with E-state index in [9.17, 15) is 8.42 Å². The molecule has 1 aliphatic heterocycles. The minimum absolute atomic E-state index is 0. The Morgan fingerprint density at radius 1 is 1.29 bits per heavy atom. The Morgan fingerprint density at radius 3 is 2.62 bits per heavy atom. The molecule has 1 aromatic carbocycles. The number of rotatable bonds is 5. The molecule has 24 heavy (non-hydrogen) atoms. The Balaban J connectivity index is 0.00000208. The number of aryl methyl sites for hydroxylation is 2. The molecule has 1 aromatic heterocycles. The van der Waals surface area contributed by atoms with E-state index < -0.39 is 10.0 Å². The van der Waals surface area contributed by atoms with E-state index in [2.05, 4.69) is 26.9 Å². The predicted octanol–water partition coefficient (Wildman–Crippen LogP) is 1.70. The third-order valence-corrected chi connectivity index (χ3v) is 5.72. The van der Waals surface area contributed by atoms with Crippen LogP contribution in [-0.2, 0) is 23.6 Å². The normalized spacial score (nSPS) is 18.5. The molecule has 2 aromatic rings. The smallest absolute Gasteiger partial charge is 0.244 e. The van der Waals surface area contributed by atoms with Crippen LogP contribution in [0.25, 0.3) is 0 Å². The quantitative estimate of drug-likeness (QED) is 0.869. The zero-order valence-electron chi connectivity index (χ0n) is 13.8. The van der Waals surface area contributed by atoms with Crippen LogP contribution >= 0.6 is 12.4 Å². The second kappa shape index (κ2) is 7.65. The maximum Gasteiger partial charge on any atom is 0.244 e. The number of sulfonamides is 1. The van der Waals surface area contributed by atoms with Gasteiger partial charge in [-0.25, -0.2) is 13.1 Å². The summed E-state index contributed by atoms with van der Waals surface area (Å²) in [6.07, 6.45) is 2.37. The van der Waals surface area contributed by atoms with Crippen LogP contribution in [0.3, 0.4) is 0 Å². The number of hydrogen-bond donors (Lipinski definition) is 1. The zero-order valence-corrected chi connectivity index (χ0v) is 15.5. The lowest BCUT2D eigenvalue weighted by Crippen LogP contribution is -2.37. The third kappa shape index (κ3) is 4.36. The molecular weight excluding hydrogens is 348 g/mol. The Morgan fingerprint density at radius 2 is 2.00 bits per heavy atom. The van der Waals surface area contributed by atoms with Gasteiger partial charge in [0.1, 0.15) is 4.90 Å². The van der Waals surface area contributed by atoms with Crippen LogP contribution in [0, 0.1) is 6.92 Å². The van der Waals surface area contributed by atoms with Gasteiger partial charge in [0.2, 0.25) is 10.0 Å². The van der Waals surface area contributed by atoms with Crippen LogP contribution in [0.15, 0.2) is 41.4 Å². The summed E-state index contributed by atoms with van der Waals surface area (Å²) in [4.78, 5) is 2.54. The lowest BCUT2D eigenvalue weighted by molar-refractivity contribution is 0.324. The predicted molar refractivity (Wildman–Crippen MR) is 95.6 cm³/mol. The molecule has 6 nitrogen and oxygen atoms in total. The SMILES string of the molecule is Cc1nn(C)cc1S(=O)(=O)NC1CCN(Cc2ccccc2)C1.Cl. The van der Waals surface area contributed by atoms with Crippen molar-refractivity contribution in [2.45, 2.75) is 30.8 Å². The van der Waals surface area contributed by atoms with E-state index >= 15 is 0 Å². The monoisotopic (exact) mass is 370 g/mol. The van der Waals surface area contributed by atoms with Crippen LogP contribution < -0.4 is 4.72 Å². The zero-order chi connectivity index (χ0) is 16.4. The number of hydrogen-bond acceptors (Lipinski definition) is 4. The fourth-order valence-electron chi connectivity index (χ4n) is 3.04. The molecule has 0 amide bonds. The van der Waals surface area contributed by atoms with E-state index in [1.807, 2.05) is 18.2 Å². The summed E-state index contributed by atoms with van der Waals surface area (Å²) in [5.74, 6) is 0. The van der Waals surface area contributed by atoms with E-state index in [0.29, 0.717) is 5.69 Å². The molecule has 1 aliphatic rings. The second-order valence-electron chi connectivity index (χ2n) is 6.08. The summed E-state index contributed by atoms with van der Waals surface area (Å²) in [6, 6.07) is 10.2. The molecule has 0 spiro atoms. The van der Waals surface area contributed by atoms with Gasteiger partial charge in [-0.1, -0.05) is 30.3 Å². The van der Waals surface area contributed by atoms with E-state index in [-0.39, 0.29) is 23.3 Å². The van der Waals surface area contributed by atoms with Gasteiger partial charge in [-0.15, -0.1) is 12.4 Å². The third-order valence-electron chi connectivity index (χ3n) is 4.10. The number of likely N-dealkylation sites (tertiary alicyclic amines) is 1. The van der Waals surface area contributed by atoms with Crippen molar-refractivity contribution < 1.29 is 8.42 Å². The van der Waals surface area contributed by atoms with Crippen molar-refractivity contribution in [2.75, 3.05) is 13.1 Å². The standard InChI is InChI=1S/C16H22N4O2S.ClH/c1-13-16(12-19(2)17-13)23(21,22)18-15-8-9-20(11-15)10-14-6-4-3-5-7-14;/h3-7,12,15,18H,8-11H2,1-2H3;1H. The van der Waals surface area contributed by atoms with Gasteiger partial charge in [0, 0.05) is 38.9 Å². The minimum Gasteiger partial charge on any atom is -0.297 e. The maximum absolute atomic E-state index is 12.5. The molecule has 3 rings (SSSR count). The fourth-order valence-corrected chi connectivity index (χ4v) is 4.52. The minimum atomic E-state index is -3.51. The Hall–Kier alpha value is -1.41. The van der Waals surface area contributed by atoms with Gasteiger partial charge in [-0.3, -0.25) is 9.58 Å². The Bertz CT molecular complexity index is 777. The highest BCUT2D eigenvalue weighted by atomic mass is 35.5. The van der Waals surface area contributed by atoms with Crippen molar-refractivity contribution in [2.24, 2.45) is 7.05 Å². The van der Waals surface area contributed by atoms with E-state index in [1.165, 1.54) is 10.2 Å². The first-order chi connectivity index (χ1) is 10.9. The summed E-state index contributed by atoms with van der Waals surface area (Å²) in [5.41, 5.74) is 1.78. The molecule has 1 N–H and O–H groups in total. The number of aromatic nitrogens is 2. The molecule has 1 fully saturated rings. The molecule has 0 saturated carbocycles. The van der Waals surface area contributed by atoms with Gasteiger partial charge in [0.15, 0.2) is 0 Å². The van der Waals surface area contributed by atoms with Crippen LogP contribution in [0.5, 0.6) is 0 Å². The first kappa shape index (κ1) is 18.9. The number of nitrogens with zero attached hydrogens (tertiary/aromatic N) is 3. The second-order valence-corrected chi connectivity index (χ2v) is 7.76. The molecule has 0 bridgehead atoms. The van der Waals surface area contributed by atoms with Crippen LogP contribution in [-0.4, -0.2) is 42.2 Å². The summed E-state index contributed by atoms with van der Waals surface area (Å²) in [6.45, 7) is 4.19. The molecule has 8 heteroatoms. The van der Waals surface area contributed by atoms with Crippen molar-refractivity contribution in [1.29, 1.82) is 0 Å². The topological polar surface area (TPSA) is 67.2 Å². The van der Waals surface area contributed by atoms with Gasteiger partial charge >= 0.3 is 0 Å². The summed E-state index contributed by atoms with van der Waals surface area (Å²) < 4.78 is 29.4. The van der Waals surface area contributed by atoms with Crippen LogP contribution in [0.1, 0.15) is 17.7 Å². The van der Waals surface area contributed by atoms with Crippen molar-refractivity contribution in [3.63, 3.8) is 0 Å². The molecule has 1 atom stereocenters. The van der Waals surface area contributed by atoms with Crippen LogP contribution in [0.2, 0.25) is 0 Å². The highest BCUT2D eigenvalue weighted by molar-refractivity contribution is 7.89. The first-order valence-electron chi connectivity index (χ1n) is 7.73. The molecule has 1 unspecified atom stereocenters. The maximum atomic E-state index is 12.5. The average molecular weight is 371 g/mol. The molecule has 0 radical (unpaired) electrons. The molecule has 0 aliphatic carbocycles. The van der Waals surface area contributed by atoms with E-state index in [4.69, 9.17) is 0 Å². The van der Waals surface area contributed by atoms with Gasteiger partial charge in [0.05, 0.1) is 5.69 Å². The summed E-state index contributed by atoms with van der Waals surface area (Å²) >= 11 is 0. The van der Waals surface area contributed by atoms with Crippen molar-refractivity contribution in [1.82, 2.24) is 19.4 Å². The van der Waals surface area contributed by atoms with Crippen molar-refractivity contribution >= 4 is 22.4 Å².